The van der Waals surface area contributed by atoms with E-state index in [9.17, 15) is 4.79 Å². The van der Waals surface area contributed by atoms with Gasteiger partial charge in [0, 0.05) is 13.0 Å². The van der Waals surface area contributed by atoms with E-state index < -0.39 is 0 Å². The molecule has 24 heavy (non-hydrogen) atoms. The lowest BCUT2D eigenvalue weighted by atomic mass is 10.1. The molecule has 0 bridgehead atoms. The van der Waals surface area contributed by atoms with Crippen LogP contribution >= 0.6 is 0 Å². The van der Waals surface area contributed by atoms with Gasteiger partial charge in [0.15, 0.2) is 11.6 Å². The van der Waals surface area contributed by atoms with Crippen LogP contribution in [-0.2, 0) is 6.54 Å². The lowest BCUT2D eigenvalue weighted by molar-refractivity contribution is 0.0770. The van der Waals surface area contributed by atoms with Crippen LogP contribution in [0.5, 0.6) is 0 Å². The van der Waals surface area contributed by atoms with Crippen LogP contribution in [0.2, 0.25) is 0 Å². The number of imidazole rings is 1. The Morgan fingerprint density at radius 2 is 2.08 bits per heavy atom. The number of aromatic nitrogens is 4. The van der Waals surface area contributed by atoms with Crippen LogP contribution in [0, 0.1) is 0 Å². The molecule has 2 heterocycles. The third-order valence-electron chi connectivity index (χ3n) is 4.51. The number of amides is 1. The number of rotatable bonds is 4. The first-order chi connectivity index (χ1) is 11.7. The number of nitrogens with one attached hydrogen (secondary N) is 1. The maximum absolute atomic E-state index is 12.5. The van der Waals surface area contributed by atoms with E-state index in [1.54, 1.807) is 11.9 Å². The Morgan fingerprint density at radius 1 is 1.29 bits per heavy atom. The lowest BCUT2D eigenvalue weighted by Gasteiger charge is -2.12. The van der Waals surface area contributed by atoms with Crippen molar-refractivity contribution in [3.63, 3.8) is 0 Å². The third kappa shape index (κ3) is 2.77. The van der Waals surface area contributed by atoms with Crippen LogP contribution < -0.4 is 0 Å². The number of hydrogen-bond acceptors (Lipinski definition) is 5. The second-order valence-corrected chi connectivity index (χ2v) is 6.29. The molecule has 7 heteroatoms. The Morgan fingerprint density at radius 3 is 2.88 bits per heavy atom. The van der Waals surface area contributed by atoms with Gasteiger partial charge in [0.1, 0.15) is 0 Å². The number of carbonyl (C=O) groups is 1. The predicted octanol–water partition coefficient (Wildman–Crippen LogP) is 2.88. The number of aromatic amines is 1. The molecular weight excluding hydrogens is 306 g/mol. The first-order valence-corrected chi connectivity index (χ1v) is 8.23. The lowest BCUT2D eigenvalue weighted by Crippen LogP contribution is -2.27. The molecule has 1 saturated carbocycles. The molecule has 0 atom stereocenters. The smallest absolute Gasteiger partial charge is 0.289 e. The summed E-state index contributed by atoms with van der Waals surface area (Å²) in [4.78, 5) is 25.9. The number of para-hydroxylation sites is 2. The van der Waals surface area contributed by atoms with Crippen molar-refractivity contribution >= 4 is 16.9 Å². The SMILES string of the molecule is CN(Cc1noc(C2CCCC2)n1)C(=O)c1nc2ccccc2[nH]1. The molecule has 0 unspecified atom stereocenters. The standard InChI is InChI=1S/C17H19N5O2/c1-22(10-14-20-16(24-21-14)11-6-2-3-7-11)17(23)15-18-12-8-4-5-9-13(12)19-15/h4-5,8-9,11H,2-3,6-7,10H2,1H3,(H,18,19). The van der Waals surface area contributed by atoms with E-state index in [0.29, 0.717) is 30.0 Å². The van der Waals surface area contributed by atoms with Crippen LogP contribution in [0.4, 0.5) is 0 Å². The van der Waals surface area contributed by atoms with Gasteiger partial charge in [0.05, 0.1) is 17.6 Å². The van der Waals surface area contributed by atoms with Gasteiger partial charge in [-0.05, 0) is 25.0 Å². The molecule has 1 aliphatic rings. The zero-order valence-electron chi connectivity index (χ0n) is 13.5. The number of fused-ring (bicyclic) bond motifs is 1. The molecule has 1 amide bonds. The van der Waals surface area contributed by atoms with Crippen molar-refractivity contribution in [2.45, 2.75) is 38.1 Å². The quantitative estimate of drug-likeness (QED) is 0.797. The fourth-order valence-electron chi connectivity index (χ4n) is 3.19. The Kier molecular flexibility index (Phi) is 3.76. The van der Waals surface area contributed by atoms with Gasteiger partial charge in [-0.15, -0.1) is 0 Å². The van der Waals surface area contributed by atoms with E-state index in [-0.39, 0.29) is 5.91 Å². The van der Waals surface area contributed by atoms with Gasteiger partial charge in [-0.25, -0.2) is 4.98 Å². The Hall–Kier alpha value is -2.70. The van der Waals surface area contributed by atoms with Crippen molar-refractivity contribution in [3.8, 4) is 0 Å². The minimum absolute atomic E-state index is 0.196. The molecule has 1 aromatic carbocycles. The van der Waals surface area contributed by atoms with E-state index in [2.05, 4.69) is 20.1 Å². The number of hydrogen-bond donors (Lipinski definition) is 1. The van der Waals surface area contributed by atoms with Crippen molar-refractivity contribution in [2.75, 3.05) is 7.05 Å². The highest BCUT2D eigenvalue weighted by molar-refractivity contribution is 5.93. The molecular formula is C17H19N5O2. The van der Waals surface area contributed by atoms with Crippen molar-refractivity contribution < 1.29 is 9.32 Å². The van der Waals surface area contributed by atoms with Gasteiger partial charge in [0.25, 0.3) is 5.91 Å². The van der Waals surface area contributed by atoms with E-state index in [1.165, 1.54) is 12.8 Å². The maximum atomic E-state index is 12.5. The molecule has 1 N–H and O–H groups in total. The Bertz CT molecular complexity index is 830. The number of H-pyrrole nitrogens is 1. The van der Waals surface area contributed by atoms with E-state index >= 15 is 0 Å². The summed E-state index contributed by atoms with van der Waals surface area (Å²) in [6, 6.07) is 7.56. The topological polar surface area (TPSA) is 87.9 Å². The Labute approximate surface area is 139 Å². The van der Waals surface area contributed by atoms with Crippen LogP contribution in [0.3, 0.4) is 0 Å². The van der Waals surface area contributed by atoms with E-state index in [0.717, 1.165) is 23.9 Å². The third-order valence-corrected chi connectivity index (χ3v) is 4.51. The summed E-state index contributed by atoms with van der Waals surface area (Å²) in [7, 11) is 1.71. The summed E-state index contributed by atoms with van der Waals surface area (Å²) in [5, 5.41) is 4.01. The van der Waals surface area contributed by atoms with Crippen LogP contribution in [0.15, 0.2) is 28.8 Å². The molecule has 0 saturated heterocycles. The highest BCUT2D eigenvalue weighted by Gasteiger charge is 2.24. The molecule has 3 aromatic rings. The summed E-state index contributed by atoms with van der Waals surface area (Å²) in [6.45, 7) is 0.298. The largest absolute Gasteiger partial charge is 0.339 e. The van der Waals surface area contributed by atoms with Crippen molar-refractivity contribution in [1.29, 1.82) is 0 Å². The molecule has 124 valence electrons. The second kappa shape index (κ2) is 6.07. The fraction of sp³-hybridized carbons (Fsp3) is 0.412. The van der Waals surface area contributed by atoms with Gasteiger partial charge in [-0.1, -0.05) is 30.1 Å². The fourth-order valence-corrected chi connectivity index (χ4v) is 3.19. The molecule has 0 radical (unpaired) electrons. The predicted molar refractivity (Wildman–Crippen MR) is 87.4 cm³/mol. The zero-order chi connectivity index (χ0) is 16.5. The molecule has 2 aromatic heterocycles. The summed E-state index contributed by atoms with van der Waals surface area (Å²) < 4.78 is 5.36. The van der Waals surface area contributed by atoms with Gasteiger partial charge in [-0.2, -0.15) is 4.98 Å². The van der Waals surface area contributed by atoms with Gasteiger partial charge < -0.3 is 14.4 Å². The molecule has 4 rings (SSSR count). The normalized spacial score (nSPS) is 15.2. The first kappa shape index (κ1) is 14.9. The average molecular weight is 325 g/mol. The monoisotopic (exact) mass is 325 g/mol. The minimum Gasteiger partial charge on any atom is -0.339 e. The first-order valence-electron chi connectivity index (χ1n) is 8.23. The van der Waals surface area contributed by atoms with E-state index in [4.69, 9.17) is 4.52 Å². The molecule has 0 spiro atoms. The van der Waals surface area contributed by atoms with E-state index in [1.807, 2.05) is 24.3 Å². The zero-order valence-corrected chi connectivity index (χ0v) is 13.5. The molecule has 0 aliphatic heterocycles. The molecule has 7 nitrogen and oxygen atoms in total. The number of benzene rings is 1. The summed E-state index contributed by atoms with van der Waals surface area (Å²) in [5.41, 5.74) is 1.62. The molecule has 1 aliphatic carbocycles. The van der Waals surface area contributed by atoms with Crippen molar-refractivity contribution in [1.82, 2.24) is 25.0 Å². The van der Waals surface area contributed by atoms with Crippen LogP contribution in [0.1, 0.15) is 53.9 Å². The summed E-state index contributed by atoms with van der Waals surface area (Å²) >= 11 is 0. The highest BCUT2D eigenvalue weighted by atomic mass is 16.5. The second-order valence-electron chi connectivity index (χ2n) is 6.29. The number of nitrogens with zero attached hydrogens (tertiary/aromatic N) is 4. The average Bonchev–Trinajstić information content (AvgIpc) is 3.32. The Balaban J connectivity index is 1.47. The van der Waals surface area contributed by atoms with Crippen LogP contribution in [0.25, 0.3) is 11.0 Å². The highest BCUT2D eigenvalue weighted by Crippen LogP contribution is 2.32. The van der Waals surface area contributed by atoms with Gasteiger partial charge >= 0.3 is 0 Å². The summed E-state index contributed by atoms with van der Waals surface area (Å²) in [5.74, 6) is 1.73. The van der Waals surface area contributed by atoms with Crippen LogP contribution in [-0.4, -0.2) is 38.0 Å². The molecule has 1 fully saturated rings. The number of carbonyl (C=O) groups excluding carboxylic acids is 1. The van der Waals surface area contributed by atoms with Crippen molar-refractivity contribution in [2.24, 2.45) is 0 Å². The maximum Gasteiger partial charge on any atom is 0.289 e. The van der Waals surface area contributed by atoms with Gasteiger partial charge in [-0.3, -0.25) is 4.79 Å². The van der Waals surface area contributed by atoms with Gasteiger partial charge in [0.2, 0.25) is 5.89 Å². The minimum atomic E-state index is -0.196. The summed E-state index contributed by atoms with van der Waals surface area (Å²) in [6.07, 6.45) is 4.64. The van der Waals surface area contributed by atoms with Crippen molar-refractivity contribution in [3.05, 3.63) is 41.8 Å².